The van der Waals surface area contributed by atoms with Crippen molar-refractivity contribution >= 4 is 26.7 Å². The molecule has 0 unspecified atom stereocenters. The summed E-state index contributed by atoms with van der Waals surface area (Å²) >= 11 is 2.72. The molecule has 0 heterocycles. The number of amides is 1. The fourth-order valence-corrected chi connectivity index (χ4v) is 0.533. The second kappa shape index (κ2) is 5.22. The highest BCUT2D eigenvalue weighted by Crippen LogP contribution is 1.88. The molecule has 0 aromatic heterocycles. The fraction of sp³-hybridized carbons (Fsp3) is 0.600. The molecule has 0 fully saturated rings. The van der Waals surface area contributed by atoms with E-state index in [9.17, 15) is 9.59 Å². The Balaban J connectivity index is 3.20. The van der Waals surface area contributed by atoms with Crippen LogP contribution in [-0.4, -0.2) is 24.4 Å². The quantitative estimate of drug-likeness (QED) is 0.696. The Morgan fingerprint density at radius 2 is 2.20 bits per heavy atom. The highest BCUT2D eigenvalue weighted by molar-refractivity contribution is 9.18. The van der Waals surface area contributed by atoms with Crippen LogP contribution in [0.3, 0.4) is 0 Å². The third-order valence-electron chi connectivity index (χ3n) is 0.776. The third kappa shape index (κ3) is 5.55. The number of alkyl carbamates (subject to hydrolysis) is 1. The average Bonchev–Trinajstić information content (AvgIpc) is 1.87. The number of ether oxygens (including phenoxy) is 1. The normalized spacial score (nSPS) is 8.60. The molecule has 0 bridgehead atoms. The second-order valence-corrected chi connectivity index (χ2v) is 2.41. The van der Waals surface area contributed by atoms with Crippen LogP contribution in [0.2, 0.25) is 0 Å². The van der Waals surface area contributed by atoms with E-state index in [-0.39, 0.29) is 11.1 Å². The van der Waals surface area contributed by atoms with Crippen molar-refractivity contribution < 1.29 is 14.3 Å². The number of rotatable bonds is 3. The second-order valence-electron chi connectivity index (χ2n) is 1.52. The minimum atomic E-state index is -0.520. The Bertz CT molecular complexity index is 137. The van der Waals surface area contributed by atoms with Gasteiger partial charge in [-0.25, -0.2) is 4.79 Å². The topological polar surface area (TPSA) is 55.4 Å². The Hall–Kier alpha value is -0.580. The summed E-state index contributed by atoms with van der Waals surface area (Å²) in [5.41, 5.74) is 0. The molecule has 0 saturated carbocycles. The molecule has 0 atom stereocenters. The standard InChI is InChI=1S/C5H8BrNO3/c1-10-5(9)7-3-2-4(6)8/h2-3H2,1H3,(H,7,9). The number of carbonyl (C=O) groups excluding carboxylic acids is 2. The number of hydrogen-bond acceptors (Lipinski definition) is 3. The summed E-state index contributed by atoms with van der Waals surface area (Å²) in [4.78, 5) is 20.6. The van der Waals surface area contributed by atoms with Crippen LogP contribution in [0.4, 0.5) is 4.79 Å². The molecule has 0 aliphatic heterocycles. The van der Waals surface area contributed by atoms with Gasteiger partial charge in [-0.3, -0.25) is 4.79 Å². The van der Waals surface area contributed by atoms with Gasteiger partial charge in [0.05, 0.1) is 7.11 Å². The molecule has 1 amide bonds. The smallest absolute Gasteiger partial charge is 0.406 e. The van der Waals surface area contributed by atoms with E-state index in [1.54, 1.807) is 0 Å². The first-order chi connectivity index (χ1) is 4.66. The maximum atomic E-state index is 10.3. The number of halogens is 1. The molecule has 0 rings (SSSR count). The molecule has 1 N–H and O–H groups in total. The largest absolute Gasteiger partial charge is 0.453 e. The molecular formula is C5H8BrNO3. The summed E-state index contributed by atoms with van der Waals surface area (Å²) in [5, 5.41) is 2.35. The molecule has 0 spiro atoms. The molecule has 0 aromatic carbocycles. The van der Waals surface area contributed by atoms with Crippen molar-refractivity contribution in [2.24, 2.45) is 0 Å². The Morgan fingerprint density at radius 3 is 2.60 bits per heavy atom. The van der Waals surface area contributed by atoms with Crippen LogP contribution in [0.25, 0.3) is 0 Å². The summed E-state index contributed by atoms with van der Waals surface area (Å²) in [7, 11) is 1.27. The first-order valence-electron chi connectivity index (χ1n) is 2.67. The SMILES string of the molecule is COC(=O)NCCC(=O)Br. The van der Waals surface area contributed by atoms with Gasteiger partial charge in [0, 0.05) is 13.0 Å². The van der Waals surface area contributed by atoms with Gasteiger partial charge in [-0.15, -0.1) is 0 Å². The molecule has 0 radical (unpaired) electrons. The number of hydrogen-bond donors (Lipinski definition) is 1. The monoisotopic (exact) mass is 209 g/mol. The van der Waals surface area contributed by atoms with Gasteiger partial charge in [-0.1, -0.05) is 0 Å². The van der Waals surface area contributed by atoms with Gasteiger partial charge in [0.15, 0.2) is 4.69 Å². The lowest BCUT2D eigenvalue weighted by Gasteiger charge is -1.99. The lowest BCUT2D eigenvalue weighted by Crippen LogP contribution is -2.24. The van der Waals surface area contributed by atoms with E-state index in [2.05, 4.69) is 26.0 Å². The third-order valence-corrected chi connectivity index (χ3v) is 1.17. The summed E-state index contributed by atoms with van der Waals surface area (Å²) in [6.45, 7) is 0.302. The summed E-state index contributed by atoms with van der Waals surface area (Å²) in [6, 6.07) is 0. The maximum absolute atomic E-state index is 10.3. The van der Waals surface area contributed by atoms with E-state index in [4.69, 9.17) is 0 Å². The van der Waals surface area contributed by atoms with E-state index in [0.29, 0.717) is 6.54 Å². The van der Waals surface area contributed by atoms with Crippen molar-refractivity contribution in [2.45, 2.75) is 6.42 Å². The van der Waals surface area contributed by atoms with Crippen molar-refractivity contribution in [3.63, 3.8) is 0 Å². The molecule has 4 nitrogen and oxygen atoms in total. The zero-order valence-electron chi connectivity index (χ0n) is 5.52. The van der Waals surface area contributed by atoms with Crippen molar-refractivity contribution in [3.05, 3.63) is 0 Å². The molecule has 5 heteroatoms. The van der Waals surface area contributed by atoms with Crippen LogP contribution < -0.4 is 5.32 Å². The van der Waals surface area contributed by atoms with Crippen molar-refractivity contribution in [2.75, 3.05) is 13.7 Å². The molecule has 0 aliphatic carbocycles. The average molecular weight is 210 g/mol. The van der Waals surface area contributed by atoms with Crippen LogP contribution in [0.1, 0.15) is 6.42 Å². The van der Waals surface area contributed by atoms with E-state index in [1.165, 1.54) is 7.11 Å². The van der Waals surface area contributed by atoms with E-state index >= 15 is 0 Å². The Morgan fingerprint density at radius 1 is 1.60 bits per heavy atom. The maximum Gasteiger partial charge on any atom is 0.406 e. The lowest BCUT2D eigenvalue weighted by atomic mass is 10.5. The summed E-state index contributed by atoms with van der Waals surface area (Å²) in [5.74, 6) is 0. The zero-order chi connectivity index (χ0) is 7.98. The van der Waals surface area contributed by atoms with Crippen molar-refractivity contribution in [1.82, 2.24) is 5.32 Å². The minimum absolute atomic E-state index is 0.135. The van der Waals surface area contributed by atoms with E-state index in [1.807, 2.05) is 0 Å². The first kappa shape index (κ1) is 9.42. The van der Waals surface area contributed by atoms with Crippen LogP contribution >= 0.6 is 15.9 Å². The van der Waals surface area contributed by atoms with Gasteiger partial charge in [-0.2, -0.15) is 0 Å². The van der Waals surface area contributed by atoms with Crippen LogP contribution in [-0.2, 0) is 9.53 Å². The number of methoxy groups -OCH3 is 1. The van der Waals surface area contributed by atoms with Crippen LogP contribution in [0.15, 0.2) is 0 Å². The lowest BCUT2D eigenvalue weighted by molar-refractivity contribution is -0.110. The van der Waals surface area contributed by atoms with Gasteiger partial charge in [0.2, 0.25) is 0 Å². The van der Waals surface area contributed by atoms with Gasteiger partial charge in [0.1, 0.15) is 0 Å². The molecule has 0 saturated heterocycles. The van der Waals surface area contributed by atoms with Crippen LogP contribution in [0, 0.1) is 0 Å². The predicted octanol–water partition coefficient (Wildman–Crippen LogP) is 0.654. The minimum Gasteiger partial charge on any atom is -0.453 e. The zero-order valence-corrected chi connectivity index (χ0v) is 7.10. The predicted molar refractivity (Wildman–Crippen MR) is 39.0 cm³/mol. The van der Waals surface area contributed by atoms with Crippen molar-refractivity contribution in [3.8, 4) is 0 Å². The van der Waals surface area contributed by atoms with Gasteiger partial charge in [0.25, 0.3) is 0 Å². The summed E-state index contributed by atoms with van der Waals surface area (Å²) < 4.78 is 4.12. The van der Waals surface area contributed by atoms with Crippen molar-refractivity contribution in [1.29, 1.82) is 0 Å². The van der Waals surface area contributed by atoms with E-state index < -0.39 is 6.09 Å². The Labute approximate surface area is 67.1 Å². The van der Waals surface area contributed by atoms with Gasteiger partial charge < -0.3 is 10.1 Å². The number of carbonyl (C=O) groups is 2. The van der Waals surface area contributed by atoms with Gasteiger partial charge >= 0.3 is 6.09 Å². The summed E-state index contributed by atoms with van der Waals surface area (Å²) in [6.07, 6.45) is -0.247. The molecule has 0 aliphatic rings. The molecular weight excluding hydrogens is 202 g/mol. The fourth-order valence-electron chi connectivity index (χ4n) is 0.335. The highest BCUT2D eigenvalue weighted by atomic mass is 79.9. The molecule has 0 aromatic rings. The first-order valence-corrected chi connectivity index (χ1v) is 3.46. The van der Waals surface area contributed by atoms with Crippen LogP contribution in [0.5, 0.6) is 0 Å². The Kier molecular flexibility index (Phi) is 4.92. The highest BCUT2D eigenvalue weighted by Gasteiger charge is 1.98. The van der Waals surface area contributed by atoms with Gasteiger partial charge in [-0.05, 0) is 15.9 Å². The van der Waals surface area contributed by atoms with E-state index in [0.717, 1.165) is 0 Å². The number of nitrogens with one attached hydrogen (secondary N) is 1. The molecule has 10 heavy (non-hydrogen) atoms. The molecule has 58 valence electrons.